The van der Waals surface area contributed by atoms with Crippen LogP contribution in [0.4, 0.5) is 5.69 Å². The van der Waals surface area contributed by atoms with Gasteiger partial charge in [-0.3, -0.25) is 9.59 Å². The third-order valence-electron chi connectivity index (χ3n) is 4.01. The van der Waals surface area contributed by atoms with Crippen molar-refractivity contribution in [1.82, 2.24) is 0 Å². The Kier molecular flexibility index (Phi) is 2.24. The number of hydrogen-bond donors (Lipinski definition) is 1. The number of amides is 1. The molecule has 0 unspecified atom stereocenters. The van der Waals surface area contributed by atoms with E-state index in [4.69, 9.17) is 5.26 Å². The lowest BCUT2D eigenvalue weighted by molar-refractivity contribution is -0.126. The minimum Gasteiger partial charge on any atom is -0.325 e. The van der Waals surface area contributed by atoms with Crippen molar-refractivity contribution in [2.24, 2.45) is 0 Å². The van der Waals surface area contributed by atoms with Gasteiger partial charge in [0.1, 0.15) is 5.78 Å². The van der Waals surface area contributed by atoms with Gasteiger partial charge in [-0.05, 0) is 30.5 Å². The second-order valence-corrected chi connectivity index (χ2v) is 4.95. The van der Waals surface area contributed by atoms with Gasteiger partial charge in [0.05, 0.1) is 17.0 Å². The Morgan fingerprint density at radius 2 is 1.94 bits per heavy atom. The van der Waals surface area contributed by atoms with Crippen LogP contribution in [0.1, 0.15) is 36.8 Å². The number of nitrogens with zero attached hydrogens (tertiary/aromatic N) is 1. The van der Waals surface area contributed by atoms with Crippen molar-refractivity contribution in [3.05, 3.63) is 29.3 Å². The van der Waals surface area contributed by atoms with Gasteiger partial charge in [-0.2, -0.15) is 5.26 Å². The fourth-order valence-electron chi connectivity index (χ4n) is 2.95. The van der Waals surface area contributed by atoms with Crippen LogP contribution < -0.4 is 5.32 Å². The lowest BCUT2D eigenvalue weighted by Gasteiger charge is -2.30. The molecule has 0 bridgehead atoms. The molecular weight excluding hydrogens is 228 g/mol. The number of nitrogens with one attached hydrogen (secondary N) is 1. The molecule has 0 radical (unpaired) electrons. The Balaban J connectivity index is 2.07. The predicted octanol–water partition coefficient (Wildman–Crippen LogP) is 1.89. The van der Waals surface area contributed by atoms with Crippen molar-refractivity contribution in [2.75, 3.05) is 5.32 Å². The van der Waals surface area contributed by atoms with Gasteiger partial charge < -0.3 is 5.32 Å². The maximum absolute atomic E-state index is 12.2. The highest BCUT2D eigenvalue weighted by atomic mass is 16.2. The number of carbonyl (C=O) groups excluding carboxylic acids is 2. The number of fused-ring (bicyclic) bond motifs is 2. The molecule has 1 saturated carbocycles. The minimum atomic E-state index is -0.544. The number of ketones is 1. The first-order chi connectivity index (χ1) is 8.65. The molecule has 2 aliphatic rings. The van der Waals surface area contributed by atoms with Crippen LogP contribution in [0.3, 0.4) is 0 Å². The van der Waals surface area contributed by atoms with E-state index in [2.05, 4.69) is 11.4 Å². The van der Waals surface area contributed by atoms with E-state index in [0.717, 1.165) is 11.3 Å². The Hall–Kier alpha value is -2.15. The largest absolute Gasteiger partial charge is 0.325 e. The van der Waals surface area contributed by atoms with Crippen molar-refractivity contribution < 1.29 is 9.59 Å². The summed E-state index contributed by atoms with van der Waals surface area (Å²) in [6.45, 7) is 0. The summed E-state index contributed by atoms with van der Waals surface area (Å²) in [5, 5.41) is 11.7. The highest BCUT2D eigenvalue weighted by molar-refractivity contribution is 6.07. The third-order valence-corrected chi connectivity index (χ3v) is 4.01. The molecule has 1 aromatic carbocycles. The van der Waals surface area contributed by atoms with Crippen LogP contribution in [0.2, 0.25) is 0 Å². The summed E-state index contributed by atoms with van der Waals surface area (Å²) in [6, 6.07) is 7.35. The first-order valence-electron chi connectivity index (χ1n) is 6.03. The summed E-state index contributed by atoms with van der Waals surface area (Å²) in [4.78, 5) is 23.6. The molecule has 0 aromatic heterocycles. The summed E-state index contributed by atoms with van der Waals surface area (Å²) in [6.07, 6.45) is 2.09. The first kappa shape index (κ1) is 11.0. The molecule has 1 aliphatic carbocycles. The summed E-state index contributed by atoms with van der Waals surface area (Å²) in [7, 11) is 0. The third kappa shape index (κ3) is 1.37. The topological polar surface area (TPSA) is 70.0 Å². The molecule has 1 spiro atoms. The standard InChI is InChI=1S/C14H12N2O2/c15-8-9-1-2-11-12(7-9)16-13(18)14(11)5-3-10(17)4-6-14/h1-2,7H,3-6H2,(H,16,18). The molecule has 1 heterocycles. The summed E-state index contributed by atoms with van der Waals surface area (Å²) in [5.74, 6) is 0.204. The van der Waals surface area contributed by atoms with E-state index >= 15 is 0 Å². The molecule has 4 nitrogen and oxygen atoms in total. The van der Waals surface area contributed by atoms with Crippen molar-refractivity contribution in [3.8, 4) is 6.07 Å². The van der Waals surface area contributed by atoms with Crippen molar-refractivity contribution in [3.63, 3.8) is 0 Å². The SMILES string of the molecule is N#Cc1ccc2c(c1)NC(=O)C21CCC(=O)CC1. The van der Waals surface area contributed by atoms with E-state index in [1.165, 1.54) is 0 Å². The minimum absolute atomic E-state index is 0.0277. The molecule has 90 valence electrons. The summed E-state index contributed by atoms with van der Waals surface area (Å²) < 4.78 is 0. The molecule has 1 amide bonds. The van der Waals surface area contributed by atoms with Crippen LogP contribution in [0.15, 0.2) is 18.2 Å². The molecule has 1 N–H and O–H groups in total. The number of carbonyl (C=O) groups is 2. The van der Waals surface area contributed by atoms with Gasteiger partial charge in [-0.25, -0.2) is 0 Å². The van der Waals surface area contributed by atoms with Gasteiger partial charge in [0.15, 0.2) is 0 Å². The van der Waals surface area contributed by atoms with E-state index < -0.39 is 5.41 Å². The molecule has 1 aromatic rings. The van der Waals surface area contributed by atoms with E-state index in [0.29, 0.717) is 31.2 Å². The van der Waals surface area contributed by atoms with Gasteiger partial charge in [0.2, 0.25) is 5.91 Å². The maximum Gasteiger partial charge on any atom is 0.235 e. The Bertz CT molecular complexity index is 588. The van der Waals surface area contributed by atoms with Crippen LogP contribution in [0.5, 0.6) is 0 Å². The molecule has 3 rings (SSSR count). The van der Waals surface area contributed by atoms with E-state index in [1.54, 1.807) is 12.1 Å². The Labute approximate surface area is 105 Å². The average Bonchev–Trinajstić information content (AvgIpc) is 2.65. The first-order valence-corrected chi connectivity index (χ1v) is 6.03. The lowest BCUT2D eigenvalue weighted by Crippen LogP contribution is -2.38. The van der Waals surface area contributed by atoms with Gasteiger partial charge in [-0.15, -0.1) is 0 Å². The van der Waals surface area contributed by atoms with Crippen molar-refractivity contribution in [1.29, 1.82) is 5.26 Å². The zero-order valence-electron chi connectivity index (χ0n) is 9.82. The monoisotopic (exact) mass is 240 g/mol. The van der Waals surface area contributed by atoms with Crippen LogP contribution >= 0.6 is 0 Å². The number of rotatable bonds is 0. The van der Waals surface area contributed by atoms with Gasteiger partial charge >= 0.3 is 0 Å². The van der Waals surface area contributed by atoms with E-state index in [-0.39, 0.29) is 11.7 Å². The van der Waals surface area contributed by atoms with Crippen molar-refractivity contribution >= 4 is 17.4 Å². The van der Waals surface area contributed by atoms with E-state index in [1.807, 2.05) is 6.07 Å². The maximum atomic E-state index is 12.2. The molecule has 4 heteroatoms. The number of benzene rings is 1. The highest BCUT2D eigenvalue weighted by Gasteiger charge is 2.48. The van der Waals surface area contributed by atoms with Crippen LogP contribution in [0.25, 0.3) is 0 Å². The Morgan fingerprint density at radius 1 is 1.22 bits per heavy atom. The lowest BCUT2D eigenvalue weighted by atomic mass is 9.70. The number of Topliss-reactive ketones (excluding diaryl/α,β-unsaturated/α-hetero) is 1. The number of anilines is 1. The molecule has 1 aliphatic heterocycles. The zero-order valence-corrected chi connectivity index (χ0v) is 9.82. The molecule has 1 fully saturated rings. The Morgan fingerprint density at radius 3 is 2.61 bits per heavy atom. The van der Waals surface area contributed by atoms with Crippen LogP contribution in [-0.4, -0.2) is 11.7 Å². The normalized spacial score (nSPS) is 20.4. The van der Waals surface area contributed by atoms with Crippen LogP contribution in [0, 0.1) is 11.3 Å². The molecule has 0 saturated heterocycles. The number of nitriles is 1. The molecule has 18 heavy (non-hydrogen) atoms. The highest BCUT2D eigenvalue weighted by Crippen LogP contribution is 2.46. The van der Waals surface area contributed by atoms with Gasteiger partial charge in [-0.1, -0.05) is 6.07 Å². The fourth-order valence-corrected chi connectivity index (χ4v) is 2.95. The second-order valence-electron chi connectivity index (χ2n) is 4.95. The quantitative estimate of drug-likeness (QED) is 0.752. The van der Waals surface area contributed by atoms with Crippen molar-refractivity contribution in [2.45, 2.75) is 31.1 Å². The smallest absolute Gasteiger partial charge is 0.235 e. The van der Waals surface area contributed by atoms with E-state index in [9.17, 15) is 9.59 Å². The summed E-state index contributed by atoms with van der Waals surface area (Å²) >= 11 is 0. The zero-order chi connectivity index (χ0) is 12.8. The fraction of sp³-hybridized carbons (Fsp3) is 0.357. The molecular formula is C14H12N2O2. The van der Waals surface area contributed by atoms with Crippen LogP contribution in [-0.2, 0) is 15.0 Å². The predicted molar refractivity (Wildman–Crippen MR) is 64.9 cm³/mol. The second kappa shape index (κ2) is 3.67. The molecule has 0 atom stereocenters. The van der Waals surface area contributed by atoms with Gasteiger partial charge in [0, 0.05) is 18.5 Å². The average molecular weight is 240 g/mol. The number of hydrogen-bond acceptors (Lipinski definition) is 3. The van der Waals surface area contributed by atoms with Gasteiger partial charge in [0.25, 0.3) is 0 Å². The summed E-state index contributed by atoms with van der Waals surface area (Å²) in [5.41, 5.74) is 1.67.